The second-order valence-electron chi connectivity index (χ2n) is 6.41. The summed E-state index contributed by atoms with van der Waals surface area (Å²) in [6.07, 6.45) is 0. The number of H-pyrrole nitrogens is 1. The highest BCUT2D eigenvalue weighted by Gasteiger charge is 2.22. The average Bonchev–Trinajstić information content (AvgIpc) is 3.02. The predicted molar refractivity (Wildman–Crippen MR) is 117 cm³/mol. The van der Waals surface area contributed by atoms with Gasteiger partial charge in [-0.2, -0.15) is 4.98 Å². The van der Waals surface area contributed by atoms with Gasteiger partial charge in [0.25, 0.3) is 5.91 Å². The highest BCUT2D eigenvalue weighted by atomic mass is 32.1. The van der Waals surface area contributed by atoms with E-state index in [1.54, 1.807) is 19.0 Å². The molecule has 0 aliphatic heterocycles. The fourth-order valence-electron chi connectivity index (χ4n) is 2.77. The molecule has 0 aliphatic carbocycles. The molecule has 152 valence electrons. The highest BCUT2D eigenvalue weighted by Crippen LogP contribution is 2.26. The number of carbonyl (C=O) groups excluding carboxylic acids is 2. The minimum atomic E-state index is -0.361. The summed E-state index contributed by atoms with van der Waals surface area (Å²) in [5.41, 5.74) is 2.28. The molecule has 0 atom stereocenters. The number of aromatic nitrogens is 3. The summed E-state index contributed by atoms with van der Waals surface area (Å²) in [6.45, 7) is 7.92. The molecular weight excluding hydrogens is 396 g/mol. The lowest BCUT2D eigenvalue weighted by Gasteiger charge is -2.25. The van der Waals surface area contributed by atoms with Crippen LogP contribution in [0.3, 0.4) is 0 Å². The van der Waals surface area contributed by atoms with E-state index < -0.39 is 0 Å². The van der Waals surface area contributed by atoms with Crippen molar-refractivity contribution in [3.63, 3.8) is 0 Å². The number of nitrogens with one attached hydrogen (secondary N) is 1. The van der Waals surface area contributed by atoms with E-state index in [-0.39, 0.29) is 22.4 Å². The maximum atomic E-state index is 12.8. The summed E-state index contributed by atoms with van der Waals surface area (Å²) in [6, 6.07) is 5.57. The van der Waals surface area contributed by atoms with Crippen LogP contribution in [0.1, 0.15) is 30.0 Å². The summed E-state index contributed by atoms with van der Waals surface area (Å²) in [7, 11) is 3.39. The molecule has 1 aromatic carbocycles. The van der Waals surface area contributed by atoms with Crippen LogP contribution in [-0.2, 0) is 4.79 Å². The molecule has 0 bridgehead atoms. The van der Waals surface area contributed by atoms with Crippen molar-refractivity contribution >= 4 is 48.2 Å². The summed E-state index contributed by atoms with van der Waals surface area (Å²) in [5, 5.41) is 2.66. The Bertz CT molecular complexity index is 919. The predicted octanol–water partition coefficient (Wildman–Crippen LogP) is 2.52. The zero-order valence-corrected chi connectivity index (χ0v) is 18.5. The number of aromatic amines is 1. The van der Waals surface area contributed by atoms with Gasteiger partial charge in [0.15, 0.2) is 0 Å². The first-order chi connectivity index (χ1) is 13.2. The summed E-state index contributed by atoms with van der Waals surface area (Å²) < 4.78 is 1.37. The fourth-order valence-corrected chi connectivity index (χ4v) is 3.24. The first kappa shape index (κ1) is 22.1. The number of hydrogen-bond acceptors (Lipinski definition) is 6. The smallest absolute Gasteiger partial charge is 0.296 e. The number of aryl methyl sites for hydroxylation is 1. The number of amides is 2. The normalized spacial score (nSPS) is 11.0. The largest absolute Gasteiger partial charge is 0.314 e. The second-order valence-corrected chi connectivity index (χ2v) is 7.20. The Morgan fingerprint density at radius 2 is 1.86 bits per heavy atom. The lowest BCUT2D eigenvalue weighted by atomic mass is 10.1. The molecule has 0 saturated heterocycles. The summed E-state index contributed by atoms with van der Waals surface area (Å²) in [5.74, 6) is -0.282. The van der Waals surface area contributed by atoms with E-state index in [0.29, 0.717) is 17.9 Å². The number of thiol groups is 1. The Morgan fingerprint density at radius 3 is 2.39 bits per heavy atom. The molecule has 0 unspecified atom stereocenters. The lowest BCUT2D eigenvalue weighted by Crippen LogP contribution is -2.38. The minimum absolute atomic E-state index is 0.0104. The second kappa shape index (κ2) is 9.35. The molecule has 1 heterocycles. The van der Waals surface area contributed by atoms with Crippen molar-refractivity contribution in [3.05, 3.63) is 34.4 Å². The first-order valence-electron chi connectivity index (χ1n) is 8.95. The molecule has 2 rings (SSSR count). The number of likely N-dealkylation sites (N-methyl/N-ethyl adjacent to an activating group) is 2. The maximum Gasteiger partial charge on any atom is 0.296 e. The molecule has 0 fully saturated rings. The molecule has 28 heavy (non-hydrogen) atoms. The van der Waals surface area contributed by atoms with Crippen LogP contribution in [0.25, 0.3) is 0 Å². The molecule has 2 amide bonds. The van der Waals surface area contributed by atoms with Crippen LogP contribution >= 0.6 is 25.0 Å². The van der Waals surface area contributed by atoms with Crippen molar-refractivity contribution in [3.8, 4) is 0 Å². The summed E-state index contributed by atoms with van der Waals surface area (Å²) in [4.78, 5) is 34.6. The standard InChI is InChI=1S/C18H26N6O2S2/c1-6-23(7-2)11-15(25)21(4)13-9-8-12(3)14(10-13)22(5)17(26)16-19-18(27)20-24(16)28/h8-10,28H,6-7,11H2,1-5H3,(H,20,27). The van der Waals surface area contributed by atoms with Crippen molar-refractivity contribution in [1.82, 2.24) is 19.1 Å². The molecule has 0 saturated carbocycles. The van der Waals surface area contributed by atoms with Gasteiger partial charge in [0.1, 0.15) is 0 Å². The average molecular weight is 423 g/mol. The zero-order chi connectivity index (χ0) is 21.0. The van der Waals surface area contributed by atoms with Crippen molar-refractivity contribution in [2.24, 2.45) is 0 Å². The van der Waals surface area contributed by atoms with Gasteiger partial charge in [0.05, 0.1) is 6.54 Å². The summed E-state index contributed by atoms with van der Waals surface area (Å²) >= 11 is 9.10. The van der Waals surface area contributed by atoms with Gasteiger partial charge in [0, 0.05) is 25.5 Å². The molecule has 1 aromatic heterocycles. The number of benzene rings is 1. The number of carbonyl (C=O) groups is 2. The van der Waals surface area contributed by atoms with Gasteiger partial charge >= 0.3 is 0 Å². The molecule has 10 heteroatoms. The monoisotopic (exact) mass is 422 g/mol. The van der Waals surface area contributed by atoms with Crippen molar-refractivity contribution < 1.29 is 9.59 Å². The van der Waals surface area contributed by atoms with Gasteiger partial charge in [-0.25, -0.2) is 4.09 Å². The first-order valence-corrected chi connectivity index (χ1v) is 9.76. The van der Waals surface area contributed by atoms with Crippen LogP contribution in [0, 0.1) is 11.7 Å². The van der Waals surface area contributed by atoms with Crippen LogP contribution in [0.5, 0.6) is 0 Å². The fraction of sp³-hybridized carbons (Fsp3) is 0.444. The van der Waals surface area contributed by atoms with Gasteiger partial charge in [-0.05, 0) is 62.7 Å². The Balaban J connectivity index is 2.29. The van der Waals surface area contributed by atoms with Crippen molar-refractivity contribution in [1.29, 1.82) is 0 Å². The van der Waals surface area contributed by atoms with E-state index in [1.165, 1.54) is 8.99 Å². The van der Waals surface area contributed by atoms with Crippen LogP contribution in [0.2, 0.25) is 0 Å². The third-order valence-corrected chi connectivity index (χ3v) is 5.15. The lowest BCUT2D eigenvalue weighted by molar-refractivity contribution is -0.119. The molecule has 0 aliphatic rings. The number of rotatable bonds is 7. The minimum Gasteiger partial charge on any atom is -0.314 e. The molecule has 8 nitrogen and oxygen atoms in total. The highest BCUT2D eigenvalue weighted by molar-refractivity contribution is 7.78. The quantitative estimate of drug-likeness (QED) is 0.530. The van der Waals surface area contributed by atoms with Gasteiger partial charge in [-0.15, -0.1) is 0 Å². The van der Waals surface area contributed by atoms with Gasteiger partial charge in [-0.1, -0.05) is 19.9 Å². The van der Waals surface area contributed by atoms with E-state index in [9.17, 15) is 9.59 Å². The molecule has 0 spiro atoms. The van der Waals surface area contributed by atoms with Crippen LogP contribution in [0.15, 0.2) is 18.2 Å². The van der Waals surface area contributed by atoms with E-state index in [1.807, 2.05) is 39.0 Å². The van der Waals surface area contributed by atoms with E-state index in [4.69, 9.17) is 12.2 Å². The zero-order valence-electron chi connectivity index (χ0n) is 16.8. The third-order valence-electron chi connectivity index (χ3n) is 4.67. The maximum absolute atomic E-state index is 12.8. The SMILES string of the molecule is CCN(CC)CC(=O)N(C)c1ccc(C)c(N(C)C(=O)c2nc(=S)[nH]n2S)c1. The van der Waals surface area contributed by atoms with Crippen molar-refractivity contribution in [2.45, 2.75) is 20.8 Å². The van der Waals surface area contributed by atoms with Gasteiger partial charge in [0.2, 0.25) is 16.5 Å². The van der Waals surface area contributed by atoms with Gasteiger partial charge in [-0.3, -0.25) is 19.6 Å². The Morgan fingerprint density at radius 1 is 1.21 bits per heavy atom. The molecule has 1 N–H and O–H groups in total. The van der Waals surface area contributed by atoms with Crippen LogP contribution < -0.4 is 9.80 Å². The van der Waals surface area contributed by atoms with E-state index in [0.717, 1.165) is 18.7 Å². The van der Waals surface area contributed by atoms with Crippen molar-refractivity contribution in [2.75, 3.05) is 43.5 Å². The van der Waals surface area contributed by atoms with E-state index >= 15 is 0 Å². The van der Waals surface area contributed by atoms with Crippen LogP contribution in [-0.4, -0.2) is 64.6 Å². The Kier molecular flexibility index (Phi) is 7.39. The van der Waals surface area contributed by atoms with Gasteiger partial charge < -0.3 is 9.80 Å². The molecule has 2 aromatic rings. The number of nitrogens with zero attached hydrogens (tertiary/aromatic N) is 5. The molecule has 0 radical (unpaired) electrons. The third kappa shape index (κ3) is 4.81. The number of hydrogen-bond donors (Lipinski definition) is 2. The van der Waals surface area contributed by atoms with E-state index in [2.05, 4.69) is 27.8 Å². The molecular formula is C18H26N6O2S2. The Labute approximate surface area is 175 Å². The topological polar surface area (TPSA) is 77.5 Å². The Hall–Kier alpha value is -2.17. The number of anilines is 2. The van der Waals surface area contributed by atoms with Crippen LogP contribution in [0.4, 0.5) is 11.4 Å².